The molecule has 0 spiro atoms. The predicted octanol–water partition coefficient (Wildman–Crippen LogP) is 1.41. The standard InChI is InChI=1S/C9H13BrN4/c10-8-12-7-6(9(11)3-4-9)2-1-5-14(7)13-8/h6H,1-5,11H2. The van der Waals surface area contributed by atoms with Gasteiger partial charge in [-0.15, -0.1) is 5.10 Å². The molecule has 2 heterocycles. The quantitative estimate of drug-likeness (QED) is 0.827. The Hall–Kier alpha value is -0.420. The summed E-state index contributed by atoms with van der Waals surface area (Å²) in [7, 11) is 0. The largest absolute Gasteiger partial charge is 0.324 e. The number of aryl methyl sites for hydroxylation is 1. The minimum atomic E-state index is 0.0324. The fourth-order valence-electron chi connectivity index (χ4n) is 2.36. The van der Waals surface area contributed by atoms with Crippen molar-refractivity contribution in [1.82, 2.24) is 14.8 Å². The zero-order valence-corrected chi connectivity index (χ0v) is 9.50. The molecule has 1 aromatic heterocycles. The van der Waals surface area contributed by atoms with Gasteiger partial charge in [0.05, 0.1) is 0 Å². The van der Waals surface area contributed by atoms with E-state index in [0.717, 1.165) is 25.2 Å². The van der Waals surface area contributed by atoms with Gasteiger partial charge in [-0.2, -0.15) is 0 Å². The Balaban J connectivity index is 2.02. The fourth-order valence-corrected chi connectivity index (χ4v) is 2.73. The molecule has 0 saturated heterocycles. The molecule has 1 saturated carbocycles. The van der Waals surface area contributed by atoms with Crippen LogP contribution in [0.4, 0.5) is 0 Å². The van der Waals surface area contributed by atoms with Crippen LogP contribution in [0.25, 0.3) is 0 Å². The van der Waals surface area contributed by atoms with Gasteiger partial charge in [0.1, 0.15) is 5.82 Å². The molecular weight excluding hydrogens is 244 g/mol. The summed E-state index contributed by atoms with van der Waals surface area (Å²) in [6.07, 6.45) is 4.62. The lowest BCUT2D eigenvalue weighted by Crippen LogP contribution is -2.35. The van der Waals surface area contributed by atoms with Crippen molar-refractivity contribution in [3.8, 4) is 0 Å². The monoisotopic (exact) mass is 256 g/mol. The van der Waals surface area contributed by atoms with Crippen LogP contribution in [0.1, 0.15) is 37.4 Å². The Morgan fingerprint density at radius 1 is 1.50 bits per heavy atom. The van der Waals surface area contributed by atoms with E-state index >= 15 is 0 Å². The molecule has 1 unspecified atom stereocenters. The van der Waals surface area contributed by atoms with Crippen LogP contribution >= 0.6 is 15.9 Å². The lowest BCUT2D eigenvalue weighted by atomic mass is 9.90. The summed E-state index contributed by atoms with van der Waals surface area (Å²) in [5, 5.41) is 4.31. The third-order valence-corrected chi connectivity index (χ3v) is 3.71. The topological polar surface area (TPSA) is 56.7 Å². The zero-order valence-electron chi connectivity index (χ0n) is 7.91. The number of fused-ring (bicyclic) bond motifs is 1. The number of aromatic nitrogens is 3. The Bertz CT molecular complexity index is 369. The van der Waals surface area contributed by atoms with Crippen LogP contribution in [0.2, 0.25) is 0 Å². The van der Waals surface area contributed by atoms with E-state index < -0.39 is 0 Å². The van der Waals surface area contributed by atoms with Gasteiger partial charge in [-0.05, 0) is 41.6 Å². The molecule has 0 amide bonds. The number of nitrogens with two attached hydrogens (primary N) is 1. The van der Waals surface area contributed by atoms with Crippen LogP contribution in [0.3, 0.4) is 0 Å². The summed E-state index contributed by atoms with van der Waals surface area (Å²) in [6.45, 7) is 0.987. The van der Waals surface area contributed by atoms with Crippen molar-refractivity contribution in [3.63, 3.8) is 0 Å². The van der Waals surface area contributed by atoms with E-state index in [0.29, 0.717) is 10.7 Å². The van der Waals surface area contributed by atoms with Crippen LogP contribution in [0.15, 0.2) is 4.73 Å². The van der Waals surface area contributed by atoms with Crippen molar-refractivity contribution >= 4 is 15.9 Å². The van der Waals surface area contributed by atoms with Crippen molar-refractivity contribution in [1.29, 1.82) is 0 Å². The summed E-state index contributed by atoms with van der Waals surface area (Å²) in [5.74, 6) is 1.51. The van der Waals surface area contributed by atoms with E-state index in [9.17, 15) is 0 Å². The van der Waals surface area contributed by atoms with Gasteiger partial charge in [-0.1, -0.05) is 0 Å². The maximum atomic E-state index is 6.25. The molecule has 0 bridgehead atoms. The SMILES string of the molecule is NC1(C2CCCn3nc(Br)nc32)CC1. The highest BCUT2D eigenvalue weighted by Gasteiger charge is 2.48. The second-order valence-electron chi connectivity index (χ2n) is 4.39. The third-order valence-electron chi connectivity index (χ3n) is 3.37. The summed E-state index contributed by atoms with van der Waals surface area (Å²) >= 11 is 3.32. The molecular formula is C9H13BrN4. The Morgan fingerprint density at radius 3 is 3.00 bits per heavy atom. The van der Waals surface area contributed by atoms with Gasteiger partial charge >= 0.3 is 0 Å². The van der Waals surface area contributed by atoms with Crippen LogP contribution in [0.5, 0.6) is 0 Å². The molecule has 5 heteroatoms. The van der Waals surface area contributed by atoms with E-state index in [1.807, 2.05) is 4.68 Å². The molecule has 4 nitrogen and oxygen atoms in total. The first-order valence-electron chi connectivity index (χ1n) is 5.08. The molecule has 1 fully saturated rings. The fraction of sp³-hybridized carbons (Fsp3) is 0.778. The van der Waals surface area contributed by atoms with E-state index in [1.54, 1.807) is 0 Å². The lowest BCUT2D eigenvalue weighted by Gasteiger charge is -2.26. The number of hydrogen-bond acceptors (Lipinski definition) is 3. The van der Waals surface area contributed by atoms with Crippen molar-refractivity contribution in [2.45, 2.75) is 43.7 Å². The molecule has 1 aromatic rings. The summed E-state index contributed by atoms with van der Waals surface area (Å²) in [4.78, 5) is 4.43. The normalized spacial score (nSPS) is 28.6. The maximum absolute atomic E-state index is 6.25. The van der Waals surface area contributed by atoms with Gasteiger partial charge in [0.25, 0.3) is 0 Å². The van der Waals surface area contributed by atoms with Gasteiger partial charge in [0.15, 0.2) is 0 Å². The molecule has 0 radical (unpaired) electrons. The molecule has 3 rings (SSSR count). The minimum Gasteiger partial charge on any atom is -0.324 e. The van der Waals surface area contributed by atoms with Crippen molar-refractivity contribution < 1.29 is 0 Å². The first-order valence-corrected chi connectivity index (χ1v) is 5.87. The Morgan fingerprint density at radius 2 is 2.29 bits per heavy atom. The smallest absolute Gasteiger partial charge is 0.217 e. The second kappa shape index (κ2) is 2.79. The average Bonchev–Trinajstić information content (AvgIpc) is 2.78. The van der Waals surface area contributed by atoms with E-state index in [2.05, 4.69) is 26.0 Å². The Kier molecular flexibility index (Phi) is 1.77. The highest BCUT2D eigenvalue weighted by molar-refractivity contribution is 9.10. The van der Waals surface area contributed by atoms with E-state index in [4.69, 9.17) is 5.73 Å². The summed E-state index contributed by atoms with van der Waals surface area (Å²) in [5.41, 5.74) is 6.28. The van der Waals surface area contributed by atoms with Gasteiger partial charge in [0.2, 0.25) is 4.73 Å². The molecule has 1 aliphatic carbocycles. The third kappa shape index (κ3) is 1.22. The van der Waals surface area contributed by atoms with Crippen molar-refractivity contribution in [2.75, 3.05) is 0 Å². The van der Waals surface area contributed by atoms with Crippen LogP contribution in [0, 0.1) is 0 Å². The molecule has 2 N–H and O–H groups in total. The molecule has 2 aliphatic rings. The summed E-state index contributed by atoms with van der Waals surface area (Å²) in [6, 6.07) is 0. The van der Waals surface area contributed by atoms with Gasteiger partial charge < -0.3 is 5.73 Å². The second-order valence-corrected chi connectivity index (χ2v) is 5.10. The van der Waals surface area contributed by atoms with Crippen LogP contribution < -0.4 is 5.73 Å². The number of hydrogen-bond donors (Lipinski definition) is 1. The first kappa shape index (κ1) is 8.85. The Labute approximate surface area is 91.0 Å². The number of rotatable bonds is 1. The molecule has 0 aromatic carbocycles. The predicted molar refractivity (Wildman–Crippen MR) is 55.8 cm³/mol. The van der Waals surface area contributed by atoms with Crippen molar-refractivity contribution in [3.05, 3.63) is 10.6 Å². The lowest BCUT2D eigenvalue weighted by molar-refractivity contribution is 0.362. The van der Waals surface area contributed by atoms with Crippen LogP contribution in [-0.4, -0.2) is 20.3 Å². The van der Waals surface area contributed by atoms with Gasteiger partial charge in [0, 0.05) is 18.0 Å². The molecule has 14 heavy (non-hydrogen) atoms. The average molecular weight is 257 g/mol. The van der Waals surface area contributed by atoms with Crippen LogP contribution in [-0.2, 0) is 6.54 Å². The molecule has 1 aliphatic heterocycles. The molecule has 1 atom stereocenters. The highest BCUT2D eigenvalue weighted by Crippen LogP contribution is 2.48. The van der Waals surface area contributed by atoms with E-state index in [1.165, 1.54) is 12.8 Å². The molecule has 76 valence electrons. The minimum absolute atomic E-state index is 0.0324. The van der Waals surface area contributed by atoms with E-state index in [-0.39, 0.29) is 5.54 Å². The number of halogens is 1. The van der Waals surface area contributed by atoms with Crippen molar-refractivity contribution in [2.24, 2.45) is 5.73 Å². The summed E-state index contributed by atoms with van der Waals surface area (Å²) < 4.78 is 2.70. The van der Waals surface area contributed by atoms with Gasteiger partial charge in [-0.3, -0.25) is 0 Å². The first-order chi connectivity index (χ1) is 6.69. The highest BCUT2D eigenvalue weighted by atomic mass is 79.9. The number of nitrogens with zero attached hydrogens (tertiary/aromatic N) is 3. The maximum Gasteiger partial charge on any atom is 0.217 e. The zero-order chi connectivity index (χ0) is 9.76. The van der Waals surface area contributed by atoms with Gasteiger partial charge in [-0.25, -0.2) is 9.67 Å².